The zero-order valence-corrected chi connectivity index (χ0v) is 20.8. The van der Waals surface area contributed by atoms with Crippen molar-refractivity contribution in [3.63, 3.8) is 0 Å². The molecule has 1 fully saturated rings. The summed E-state index contributed by atoms with van der Waals surface area (Å²) in [4.78, 5) is 43.9. The molecule has 0 spiro atoms. The molecule has 1 aromatic carbocycles. The SMILES string of the molecule is CCN1CCN(CC(N)=O)CCN(CC=O)CCN(CC=O)C(Cc2ccc(SC#N)cc2)C1. The van der Waals surface area contributed by atoms with Gasteiger partial charge in [-0.05, 0) is 42.4 Å². The summed E-state index contributed by atoms with van der Waals surface area (Å²) in [6.45, 7) is 8.66. The average molecular weight is 489 g/mol. The van der Waals surface area contributed by atoms with Gasteiger partial charge in [-0.2, -0.15) is 5.26 Å². The molecule has 1 aromatic rings. The maximum atomic E-state index is 11.6. The lowest BCUT2D eigenvalue weighted by Gasteiger charge is -2.37. The summed E-state index contributed by atoms with van der Waals surface area (Å²) in [6, 6.07) is 8.08. The van der Waals surface area contributed by atoms with Crippen LogP contribution in [0.5, 0.6) is 0 Å². The molecule has 9 nitrogen and oxygen atoms in total. The Bertz CT molecular complexity index is 816. The van der Waals surface area contributed by atoms with Gasteiger partial charge < -0.3 is 20.2 Å². The first-order valence-corrected chi connectivity index (χ1v) is 12.5. The zero-order chi connectivity index (χ0) is 24.8. The van der Waals surface area contributed by atoms with Crippen molar-refractivity contribution >= 4 is 30.2 Å². The number of aldehydes is 2. The van der Waals surface area contributed by atoms with Crippen molar-refractivity contribution in [3.05, 3.63) is 29.8 Å². The van der Waals surface area contributed by atoms with Gasteiger partial charge in [-0.25, -0.2) is 0 Å². The molecule has 0 bridgehead atoms. The number of nitriles is 1. The number of nitrogens with zero attached hydrogens (tertiary/aromatic N) is 5. The predicted octanol–water partition coefficient (Wildman–Crippen LogP) is 0.295. The van der Waals surface area contributed by atoms with Gasteiger partial charge in [0.1, 0.15) is 18.0 Å². The molecule has 2 N–H and O–H groups in total. The predicted molar refractivity (Wildman–Crippen MR) is 133 cm³/mol. The number of benzene rings is 1. The summed E-state index contributed by atoms with van der Waals surface area (Å²) in [7, 11) is 0. The molecule has 1 amide bonds. The molecule has 0 saturated carbocycles. The Morgan fingerprint density at radius 1 is 1.03 bits per heavy atom. The van der Waals surface area contributed by atoms with E-state index >= 15 is 0 Å². The topological polar surface area (TPSA) is 114 Å². The molecule has 0 aromatic heterocycles. The van der Waals surface area contributed by atoms with Crippen LogP contribution in [0.15, 0.2) is 29.2 Å². The van der Waals surface area contributed by atoms with Crippen LogP contribution >= 0.6 is 11.8 Å². The minimum Gasteiger partial charge on any atom is -0.369 e. The molecule has 0 radical (unpaired) electrons. The van der Waals surface area contributed by atoms with Gasteiger partial charge in [-0.3, -0.25) is 19.5 Å². The third kappa shape index (κ3) is 9.91. The maximum absolute atomic E-state index is 11.6. The summed E-state index contributed by atoms with van der Waals surface area (Å²) in [6.07, 6.45) is 2.60. The van der Waals surface area contributed by atoms with E-state index in [1.807, 2.05) is 29.2 Å². The number of thiocyanates is 1. The van der Waals surface area contributed by atoms with Crippen LogP contribution < -0.4 is 5.73 Å². The smallest absolute Gasteiger partial charge is 0.231 e. The fraction of sp³-hybridized carbons (Fsp3) is 0.583. The van der Waals surface area contributed by atoms with E-state index in [-0.39, 0.29) is 18.5 Å². The highest BCUT2D eigenvalue weighted by Gasteiger charge is 2.24. The van der Waals surface area contributed by atoms with Gasteiger partial charge in [0.2, 0.25) is 5.91 Å². The van der Waals surface area contributed by atoms with Crippen molar-refractivity contribution < 1.29 is 14.4 Å². The molecular weight excluding hydrogens is 452 g/mol. The van der Waals surface area contributed by atoms with Crippen LogP contribution in [-0.4, -0.2) is 116 Å². The van der Waals surface area contributed by atoms with E-state index in [1.54, 1.807) is 0 Å². The van der Waals surface area contributed by atoms with Crippen LogP contribution in [0.25, 0.3) is 0 Å². The van der Waals surface area contributed by atoms with E-state index in [0.29, 0.717) is 45.8 Å². The second kappa shape index (κ2) is 15.6. The summed E-state index contributed by atoms with van der Waals surface area (Å²) >= 11 is 1.14. The first-order valence-electron chi connectivity index (χ1n) is 11.7. The van der Waals surface area contributed by atoms with E-state index in [1.165, 1.54) is 0 Å². The number of hydrogen-bond donors (Lipinski definition) is 1. The summed E-state index contributed by atoms with van der Waals surface area (Å²) in [5, 5.41) is 11.0. The molecule has 1 unspecified atom stereocenters. The van der Waals surface area contributed by atoms with E-state index in [2.05, 4.69) is 27.0 Å². The molecule has 1 aliphatic heterocycles. The minimum atomic E-state index is -0.356. The highest BCUT2D eigenvalue weighted by molar-refractivity contribution is 8.03. The molecule has 34 heavy (non-hydrogen) atoms. The highest BCUT2D eigenvalue weighted by Crippen LogP contribution is 2.19. The molecule has 186 valence electrons. The number of carbonyl (C=O) groups excluding carboxylic acids is 3. The van der Waals surface area contributed by atoms with Gasteiger partial charge in [-0.15, -0.1) is 0 Å². The highest BCUT2D eigenvalue weighted by atomic mass is 32.2. The fourth-order valence-electron chi connectivity index (χ4n) is 4.25. The van der Waals surface area contributed by atoms with Gasteiger partial charge in [0.25, 0.3) is 0 Å². The number of carbonyl (C=O) groups is 3. The second-order valence-electron chi connectivity index (χ2n) is 8.46. The Hall–Kier alpha value is -2.29. The number of likely N-dealkylation sites (N-methyl/N-ethyl adjacent to an activating group) is 1. The Labute approximate surface area is 206 Å². The second-order valence-corrected chi connectivity index (χ2v) is 9.32. The van der Waals surface area contributed by atoms with E-state index in [0.717, 1.165) is 60.8 Å². The largest absolute Gasteiger partial charge is 0.369 e. The summed E-state index contributed by atoms with van der Waals surface area (Å²) in [5.41, 5.74) is 6.61. The standard InChI is InChI=1S/C24H36N6O3S/c1-2-27-7-9-29(19-24(26)33)10-8-28(13-15-31)11-12-30(14-16-32)22(18-27)17-21-3-5-23(6-4-21)34-20-25/h3-6,15-16,22H,2,7-14,17-19H2,1H3,(H2,26,33). The molecule has 1 atom stereocenters. The Kier molecular flexibility index (Phi) is 12.8. The van der Waals surface area contributed by atoms with Gasteiger partial charge in [0.05, 0.1) is 19.6 Å². The lowest BCUT2D eigenvalue weighted by Crippen LogP contribution is -2.52. The lowest BCUT2D eigenvalue weighted by atomic mass is 10.0. The van der Waals surface area contributed by atoms with Gasteiger partial charge in [0, 0.05) is 56.8 Å². The van der Waals surface area contributed by atoms with Crippen molar-refractivity contribution in [1.29, 1.82) is 5.26 Å². The molecule has 2 rings (SSSR count). The molecular formula is C24H36N6O3S. The lowest BCUT2D eigenvalue weighted by molar-refractivity contribution is -0.119. The number of amides is 1. The normalized spacial score (nSPS) is 20.1. The molecule has 1 saturated heterocycles. The Morgan fingerprint density at radius 2 is 1.65 bits per heavy atom. The molecule has 1 aliphatic rings. The van der Waals surface area contributed by atoms with Crippen LogP contribution in [0.4, 0.5) is 0 Å². The molecule has 10 heteroatoms. The van der Waals surface area contributed by atoms with Crippen molar-refractivity contribution in [3.8, 4) is 5.40 Å². The summed E-state index contributed by atoms with van der Waals surface area (Å²) in [5.74, 6) is -0.356. The zero-order valence-electron chi connectivity index (χ0n) is 20.0. The van der Waals surface area contributed by atoms with Gasteiger partial charge in [0.15, 0.2) is 0 Å². The van der Waals surface area contributed by atoms with Gasteiger partial charge in [-0.1, -0.05) is 19.1 Å². The minimum absolute atomic E-state index is 0.0988. The number of thioether (sulfide) groups is 1. The third-order valence-electron chi connectivity index (χ3n) is 6.18. The van der Waals surface area contributed by atoms with E-state index in [4.69, 9.17) is 11.0 Å². The van der Waals surface area contributed by atoms with Crippen LogP contribution in [0.1, 0.15) is 12.5 Å². The summed E-state index contributed by atoms with van der Waals surface area (Å²) < 4.78 is 0. The number of nitrogens with two attached hydrogens (primary N) is 1. The fourth-order valence-corrected chi connectivity index (χ4v) is 4.63. The van der Waals surface area contributed by atoms with Crippen molar-refractivity contribution in [2.45, 2.75) is 24.3 Å². The van der Waals surface area contributed by atoms with Crippen LogP contribution in [0, 0.1) is 10.7 Å². The molecule has 1 heterocycles. The van der Waals surface area contributed by atoms with Crippen molar-refractivity contribution in [1.82, 2.24) is 19.6 Å². The monoisotopic (exact) mass is 488 g/mol. The first-order chi connectivity index (χ1) is 16.5. The Balaban J connectivity index is 2.26. The van der Waals surface area contributed by atoms with Crippen LogP contribution in [0.3, 0.4) is 0 Å². The van der Waals surface area contributed by atoms with E-state index in [9.17, 15) is 14.4 Å². The number of rotatable bonds is 10. The van der Waals surface area contributed by atoms with Gasteiger partial charge >= 0.3 is 0 Å². The molecule has 0 aliphatic carbocycles. The average Bonchev–Trinajstić information content (AvgIpc) is 2.81. The van der Waals surface area contributed by atoms with Crippen LogP contribution in [-0.2, 0) is 20.8 Å². The third-order valence-corrected chi connectivity index (χ3v) is 6.78. The maximum Gasteiger partial charge on any atom is 0.231 e. The first kappa shape index (κ1) is 28.0. The van der Waals surface area contributed by atoms with Crippen molar-refractivity contribution in [2.75, 3.05) is 72.0 Å². The van der Waals surface area contributed by atoms with E-state index < -0.39 is 0 Å². The van der Waals surface area contributed by atoms with Crippen LogP contribution in [0.2, 0.25) is 0 Å². The number of primary amides is 1. The van der Waals surface area contributed by atoms with Crippen molar-refractivity contribution in [2.24, 2.45) is 5.73 Å². The quantitative estimate of drug-likeness (QED) is 0.282. The Morgan fingerprint density at radius 3 is 2.24 bits per heavy atom. The number of hydrogen-bond acceptors (Lipinski definition) is 9.